The van der Waals surface area contributed by atoms with Crippen molar-refractivity contribution in [2.24, 2.45) is 0 Å². The zero-order chi connectivity index (χ0) is 13.4. The minimum Gasteiger partial charge on any atom is -0.497 e. The van der Waals surface area contributed by atoms with E-state index in [0.717, 1.165) is 22.7 Å². The van der Waals surface area contributed by atoms with E-state index in [1.54, 1.807) is 18.0 Å². The summed E-state index contributed by atoms with van der Waals surface area (Å²) in [5.41, 5.74) is 2.78. The maximum absolute atomic E-state index is 11.0. The van der Waals surface area contributed by atoms with Crippen molar-refractivity contribution >= 4 is 6.09 Å². The van der Waals surface area contributed by atoms with Gasteiger partial charge in [-0.1, -0.05) is 0 Å². The van der Waals surface area contributed by atoms with Crippen LogP contribution in [-0.4, -0.2) is 33.0 Å². The van der Waals surface area contributed by atoms with Crippen molar-refractivity contribution in [2.45, 2.75) is 13.1 Å². The Labute approximate surface area is 109 Å². The molecule has 3 rings (SSSR count). The van der Waals surface area contributed by atoms with E-state index in [2.05, 4.69) is 5.10 Å². The number of methoxy groups -OCH3 is 1. The van der Waals surface area contributed by atoms with Crippen molar-refractivity contribution in [1.29, 1.82) is 0 Å². The fourth-order valence-electron chi connectivity index (χ4n) is 2.23. The Morgan fingerprint density at radius 2 is 2.05 bits per heavy atom. The largest absolute Gasteiger partial charge is 0.497 e. The maximum Gasteiger partial charge on any atom is 0.407 e. The molecule has 1 aromatic carbocycles. The van der Waals surface area contributed by atoms with Crippen molar-refractivity contribution < 1.29 is 14.6 Å². The van der Waals surface area contributed by atoms with Gasteiger partial charge in [-0.25, -0.2) is 9.48 Å². The smallest absolute Gasteiger partial charge is 0.407 e. The van der Waals surface area contributed by atoms with Gasteiger partial charge in [-0.15, -0.1) is 0 Å². The van der Waals surface area contributed by atoms with E-state index >= 15 is 0 Å². The van der Waals surface area contributed by atoms with E-state index in [1.807, 2.05) is 24.3 Å². The average Bonchev–Trinajstić information content (AvgIpc) is 2.98. The summed E-state index contributed by atoms with van der Waals surface area (Å²) >= 11 is 0. The van der Waals surface area contributed by atoms with Crippen LogP contribution in [0.3, 0.4) is 0 Å². The molecule has 0 radical (unpaired) electrons. The van der Waals surface area contributed by atoms with Gasteiger partial charge < -0.3 is 9.84 Å². The number of aromatic nitrogens is 2. The van der Waals surface area contributed by atoms with Crippen LogP contribution in [0.4, 0.5) is 4.79 Å². The van der Waals surface area contributed by atoms with Gasteiger partial charge in [0.05, 0.1) is 37.8 Å². The van der Waals surface area contributed by atoms with Crippen molar-refractivity contribution in [1.82, 2.24) is 14.7 Å². The molecule has 0 saturated carbocycles. The second kappa shape index (κ2) is 4.31. The molecule has 1 N–H and O–H groups in total. The Morgan fingerprint density at radius 1 is 1.32 bits per heavy atom. The standard InChI is InChI=1S/C13H13N3O3/c1-19-11-4-2-10(3-5-11)16-12-8-15(13(17)18)7-9(12)6-14-16/h2-6H,7-8H2,1H3,(H,17,18). The van der Waals surface area contributed by atoms with Crippen LogP contribution in [0.5, 0.6) is 5.75 Å². The lowest BCUT2D eigenvalue weighted by Gasteiger charge is -2.11. The summed E-state index contributed by atoms with van der Waals surface area (Å²) in [5.74, 6) is 0.778. The van der Waals surface area contributed by atoms with E-state index in [-0.39, 0.29) is 0 Å². The molecule has 98 valence electrons. The molecule has 6 heteroatoms. The molecule has 1 aromatic heterocycles. The van der Waals surface area contributed by atoms with Crippen LogP contribution in [0.2, 0.25) is 0 Å². The van der Waals surface area contributed by atoms with Gasteiger partial charge in [0.1, 0.15) is 5.75 Å². The number of hydrogen-bond donors (Lipinski definition) is 1. The van der Waals surface area contributed by atoms with Gasteiger partial charge >= 0.3 is 6.09 Å². The monoisotopic (exact) mass is 259 g/mol. The van der Waals surface area contributed by atoms with Crippen LogP contribution >= 0.6 is 0 Å². The van der Waals surface area contributed by atoms with Gasteiger partial charge in [0.15, 0.2) is 0 Å². The second-order valence-corrected chi connectivity index (χ2v) is 4.36. The van der Waals surface area contributed by atoms with E-state index in [9.17, 15) is 4.79 Å². The molecule has 2 aromatic rings. The summed E-state index contributed by atoms with van der Waals surface area (Å²) in [6, 6.07) is 7.51. The highest BCUT2D eigenvalue weighted by molar-refractivity contribution is 5.66. The summed E-state index contributed by atoms with van der Waals surface area (Å²) in [7, 11) is 1.62. The lowest BCUT2D eigenvalue weighted by molar-refractivity contribution is 0.144. The third-order valence-corrected chi connectivity index (χ3v) is 3.24. The average molecular weight is 259 g/mol. The molecule has 0 saturated heterocycles. The van der Waals surface area contributed by atoms with E-state index in [4.69, 9.17) is 9.84 Å². The lowest BCUT2D eigenvalue weighted by atomic mass is 10.2. The first kappa shape index (κ1) is 11.6. The van der Waals surface area contributed by atoms with Crippen molar-refractivity contribution in [3.05, 3.63) is 41.7 Å². The van der Waals surface area contributed by atoms with Crippen molar-refractivity contribution in [3.8, 4) is 11.4 Å². The first-order valence-corrected chi connectivity index (χ1v) is 5.87. The van der Waals surface area contributed by atoms with Crippen LogP contribution < -0.4 is 4.74 Å². The van der Waals surface area contributed by atoms with E-state index in [0.29, 0.717) is 13.1 Å². The Balaban J connectivity index is 1.93. The fraction of sp³-hybridized carbons (Fsp3) is 0.231. The summed E-state index contributed by atoms with van der Waals surface area (Å²) in [5, 5.41) is 13.3. The topological polar surface area (TPSA) is 67.6 Å². The zero-order valence-electron chi connectivity index (χ0n) is 10.4. The number of rotatable bonds is 2. The number of ether oxygens (including phenoxy) is 1. The zero-order valence-corrected chi connectivity index (χ0v) is 10.4. The number of hydrogen-bond acceptors (Lipinski definition) is 3. The van der Waals surface area contributed by atoms with Crippen molar-refractivity contribution in [3.63, 3.8) is 0 Å². The van der Waals surface area contributed by atoms with E-state index < -0.39 is 6.09 Å². The van der Waals surface area contributed by atoms with Gasteiger partial charge in [0.2, 0.25) is 0 Å². The van der Waals surface area contributed by atoms with Crippen LogP contribution in [0.1, 0.15) is 11.3 Å². The van der Waals surface area contributed by atoms with Crippen LogP contribution in [-0.2, 0) is 13.1 Å². The highest BCUT2D eigenvalue weighted by Gasteiger charge is 2.27. The fourth-order valence-corrected chi connectivity index (χ4v) is 2.23. The SMILES string of the molecule is COc1ccc(-n2ncc3c2CN(C(=O)O)C3)cc1. The first-order chi connectivity index (χ1) is 9.19. The number of carboxylic acid groups (broad SMARTS) is 1. The molecule has 0 atom stereocenters. The molecule has 1 aliphatic heterocycles. The number of fused-ring (bicyclic) bond motifs is 1. The van der Waals surface area contributed by atoms with Gasteiger partial charge in [-0.3, -0.25) is 4.90 Å². The summed E-state index contributed by atoms with van der Waals surface area (Å²) < 4.78 is 6.89. The normalized spacial score (nSPS) is 13.4. The predicted molar refractivity (Wildman–Crippen MR) is 67.4 cm³/mol. The lowest BCUT2D eigenvalue weighted by Crippen LogP contribution is -2.23. The van der Waals surface area contributed by atoms with Gasteiger partial charge in [-0.2, -0.15) is 5.10 Å². The number of benzene rings is 1. The Hall–Kier alpha value is -2.50. The number of carbonyl (C=O) groups is 1. The highest BCUT2D eigenvalue weighted by Crippen LogP contribution is 2.25. The quantitative estimate of drug-likeness (QED) is 0.894. The molecule has 0 unspecified atom stereocenters. The molecule has 1 amide bonds. The van der Waals surface area contributed by atoms with Crippen molar-refractivity contribution in [2.75, 3.05) is 7.11 Å². The minimum absolute atomic E-state index is 0.372. The third-order valence-electron chi connectivity index (χ3n) is 3.24. The highest BCUT2D eigenvalue weighted by atomic mass is 16.5. The molecule has 2 heterocycles. The Kier molecular flexibility index (Phi) is 2.63. The van der Waals surface area contributed by atoms with Crippen LogP contribution in [0, 0.1) is 0 Å². The molecule has 0 fully saturated rings. The predicted octanol–water partition coefficient (Wildman–Crippen LogP) is 1.87. The number of nitrogens with zero attached hydrogens (tertiary/aromatic N) is 3. The first-order valence-electron chi connectivity index (χ1n) is 5.87. The molecule has 0 bridgehead atoms. The number of amides is 1. The summed E-state index contributed by atoms with van der Waals surface area (Å²) in [6.07, 6.45) is 0.820. The second-order valence-electron chi connectivity index (χ2n) is 4.36. The van der Waals surface area contributed by atoms with Gasteiger partial charge in [0, 0.05) is 5.56 Å². The van der Waals surface area contributed by atoms with Crippen LogP contribution in [0.25, 0.3) is 5.69 Å². The Bertz CT molecular complexity index is 619. The molecule has 0 aliphatic carbocycles. The summed E-state index contributed by atoms with van der Waals surface area (Å²) in [4.78, 5) is 12.3. The maximum atomic E-state index is 11.0. The Morgan fingerprint density at radius 3 is 2.68 bits per heavy atom. The van der Waals surface area contributed by atoms with Crippen LogP contribution in [0.15, 0.2) is 30.5 Å². The van der Waals surface area contributed by atoms with Gasteiger partial charge in [-0.05, 0) is 24.3 Å². The minimum atomic E-state index is -0.905. The molecular weight excluding hydrogens is 246 g/mol. The molecule has 1 aliphatic rings. The third kappa shape index (κ3) is 1.91. The molecule has 19 heavy (non-hydrogen) atoms. The van der Waals surface area contributed by atoms with Gasteiger partial charge in [0.25, 0.3) is 0 Å². The molecular formula is C13H13N3O3. The molecule has 0 spiro atoms. The summed E-state index contributed by atoms with van der Waals surface area (Å²) in [6.45, 7) is 0.775. The van der Waals surface area contributed by atoms with E-state index in [1.165, 1.54) is 4.90 Å². The molecule has 6 nitrogen and oxygen atoms in total.